The zero-order chi connectivity index (χ0) is 17.1. The van der Waals surface area contributed by atoms with Gasteiger partial charge in [0.05, 0.1) is 6.54 Å². The smallest absolute Gasteiger partial charge is 0.243 e. The Morgan fingerprint density at radius 2 is 1.78 bits per heavy atom. The summed E-state index contributed by atoms with van der Waals surface area (Å²) in [7, 11) is 0. The normalized spacial score (nSPS) is 10.8. The molecule has 0 aliphatic carbocycles. The monoisotopic (exact) mass is 337 g/mol. The summed E-state index contributed by atoms with van der Waals surface area (Å²) in [6.07, 6.45) is 5.10. The Bertz CT molecular complexity index is 526. The number of rotatable bonds is 9. The molecule has 6 heteroatoms. The predicted molar refractivity (Wildman–Crippen MR) is 92.9 cm³/mol. The SMILES string of the molecule is CSC(=O)COc1ccc(OCCNC(=O)/C=C/C(C)C)cc1. The summed E-state index contributed by atoms with van der Waals surface area (Å²) in [5, 5.41) is 2.72. The number of hydrogen-bond acceptors (Lipinski definition) is 5. The number of thioether (sulfide) groups is 1. The van der Waals surface area contributed by atoms with Crippen molar-refractivity contribution < 1.29 is 19.1 Å². The van der Waals surface area contributed by atoms with E-state index in [2.05, 4.69) is 5.32 Å². The minimum absolute atomic E-state index is 0.0208. The number of benzene rings is 1. The van der Waals surface area contributed by atoms with Crippen LogP contribution in [-0.2, 0) is 9.59 Å². The third-order valence-corrected chi connectivity index (χ3v) is 3.28. The Hall–Kier alpha value is -1.95. The average Bonchev–Trinajstić information content (AvgIpc) is 2.55. The molecule has 1 aromatic carbocycles. The lowest BCUT2D eigenvalue weighted by Crippen LogP contribution is -2.26. The van der Waals surface area contributed by atoms with E-state index >= 15 is 0 Å². The van der Waals surface area contributed by atoms with Crippen molar-refractivity contribution in [3.05, 3.63) is 36.4 Å². The standard InChI is InChI=1S/C17H23NO4S/c1-13(2)4-9-16(19)18-10-11-21-14-5-7-15(8-6-14)22-12-17(20)23-3/h4-9,13H,10-12H2,1-3H3,(H,18,19)/b9-4+. The molecule has 0 aliphatic rings. The molecule has 0 saturated heterocycles. The van der Waals surface area contributed by atoms with Gasteiger partial charge < -0.3 is 14.8 Å². The van der Waals surface area contributed by atoms with Crippen LogP contribution in [0.4, 0.5) is 0 Å². The molecule has 1 rings (SSSR count). The zero-order valence-corrected chi connectivity index (χ0v) is 14.5. The summed E-state index contributed by atoms with van der Waals surface area (Å²) < 4.78 is 10.8. The minimum atomic E-state index is -0.121. The number of ether oxygens (including phenoxy) is 2. The number of amides is 1. The van der Waals surface area contributed by atoms with Crippen molar-refractivity contribution in [1.82, 2.24) is 5.32 Å². The van der Waals surface area contributed by atoms with Crippen LogP contribution in [0.1, 0.15) is 13.8 Å². The minimum Gasteiger partial charge on any atom is -0.492 e. The maximum Gasteiger partial charge on any atom is 0.243 e. The summed E-state index contributed by atoms with van der Waals surface area (Å²) in [4.78, 5) is 22.6. The van der Waals surface area contributed by atoms with Gasteiger partial charge in [-0.2, -0.15) is 0 Å². The maximum absolute atomic E-state index is 11.5. The molecule has 0 atom stereocenters. The number of carbonyl (C=O) groups excluding carboxylic acids is 2. The van der Waals surface area contributed by atoms with Crippen molar-refractivity contribution in [2.45, 2.75) is 13.8 Å². The lowest BCUT2D eigenvalue weighted by Gasteiger charge is -2.08. The van der Waals surface area contributed by atoms with Crippen LogP contribution in [0.15, 0.2) is 36.4 Å². The molecular formula is C17H23NO4S. The van der Waals surface area contributed by atoms with Gasteiger partial charge in [-0.25, -0.2) is 0 Å². The molecular weight excluding hydrogens is 314 g/mol. The van der Waals surface area contributed by atoms with Gasteiger partial charge in [-0.1, -0.05) is 31.7 Å². The van der Waals surface area contributed by atoms with Crippen molar-refractivity contribution in [2.75, 3.05) is 26.0 Å². The van der Waals surface area contributed by atoms with E-state index in [4.69, 9.17) is 9.47 Å². The van der Waals surface area contributed by atoms with Gasteiger partial charge in [0, 0.05) is 0 Å². The molecule has 1 amide bonds. The Balaban J connectivity index is 2.25. The lowest BCUT2D eigenvalue weighted by molar-refractivity contribution is -0.116. The second-order valence-electron chi connectivity index (χ2n) is 5.08. The largest absolute Gasteiger partial charge is 0.492 e. The van der Waals surface area contributed by atoms with Gasteiger partial charge in [0.25, 0.3) is 0 Å². The van der Waals surface area contributed by atoms with E-state index in [1.807, 2.05) is 19.9 Å². The summed E-state index contributed by atoms with van der Waals surface area (Å²) in [6, 6.07) is 7.01. The van der Waals surface area contributed by atoms with Crippen LogP contribution in [0.5, 0.6) is 11.5 Å². The van der Waals surface area contributed by atoms with E-state index in [0.29, 0.717) is 30.6 Å². The summed E-state index contributed by atoms with van der Waals surface area (Å²) in [5.74, 6) is 1.53. The first-order chi connectivity index (χ1) is 11.0. The number of carbonyl (C=O) groups is 2. The summed E-state index contributed by atoms with van der Waals surface area (Å²) >= 11 is 1.14. The number of allylic oxidation sites excluding steroid dienone is 1. The van der Waals surface area contributed by atoms with Crippen LogP contribution in [0.25, 0.3) is 0 Å². The molecule has 0 radical (unpaired) electrons. The van der Waals surface area contributed by atoms with Gasteiger partial charge in [0.1, 0.15) is 18.1 Å². The van der Waals surface area contributed by atoms with Gasteiger partial charge in [0.15, 0.2) is 6.61 Å². The zero-order valence-electron chi connectivity index (χ0n) is 13.7. The molecule has 0 bridgehead atoms. The molecule has 0 aliphatic heterocycles. The van der Waals surface area contributed by atoms with Crippen LogP contribution in [0, 0.1) is 5.92 Å². The van der Waals surface area contributed by atoms with E-state index in [1.54, 1.807) is 30.5 Å². The van der Waals surface area contributed by atoms with Crippen LogP contribution in [-0.4, -0.2) is 37.0 Å². The molecule has 1 aromatic rings. The third kappa shape index (κ3) is 8.93. The highest BCUT2D eigenvalue weighted by molar-refractivity contribution is 8.13. The van der Waals surface area contributed by atoms with E-state index in [1.165, 1.54) is 6.08 Å². The summed E-state index contributed by atoms with van der Waals surface area (Å²) in [5.41, 5.74) is 0. The highest BCUT2D eigenvalue weighted by Gasteiger charge is 2.01. The second-order valence-corrected chi connectivity index (χ2v) is 5.94. The maximum atomic E-state index is 11.5. The van der Waals surface area contributed by atoms with Crippen LogP contribution in [0.3, 0.4) is 0 Å². The molecule has 126 valence electrons. The molecule has 0 unspecified atom stereocenters. The Morgan fingerprint density at radius 3 is 2.35 bits per heavy atom. The fourth-order valence-corrected chi connectivity index (χ4v) is 1.69. The molecule has 1 N–H and O–H groups in total. The van der Waals surface area contributed by atoms with Crippen molar-refractivity contribution in [3.8, 4) is 11.5 Å². The topological polar surface area (TPSA) is 64.6 Å². The van der Waals surface area contributed by atoms with E-state index < -0.39 is 0 Å². The fourth-order valence-electron chi connectivity index (χ4n) is 1.52. The Kier molecular flexibility index (Phi) is 8.90. The highest BCUT2D eigenvalue weighted by Crippen LogP contribution is 2.17. The van der Waals surface area contributed by atoms with E-state index in [9.17, 15) is 9.59 Å². The van der Waals surface area contributed by atoms with Crippen molar-refractivity contribution in [3.63, 3.8) is 0 Å². The molecule has 5 nitrogen and oxygen atoms in total. The molecule has 0 spiro atoms. The summed E-state index contributed by atoms with van der Waals surface area (Å²) in [6.45, 7) is 4.89. The van der Waals surface area contributed by atoms with Gasteiger partial charge >= 0.3 is 0 Å². The molecule has 0 fully saturated rings. The lowest BCUT2D eigenvalue weighted by atomic mass is 10.2. The first-order valence-electron chi connectivity index (χ1n) is 7.39. The molecule has 0 saturated carbocycles. The quantitative estimate of drug-likeness (QED) is 0.554. The fraction of sp³-hybridized carbons (Fsp3) is 0.412. The van der Waals surface area contributed by atoms with E-state index in [-0.39, 0.29) is 17.6 Å². The molecule has 0 heterocycles. The van der Waals surface area contributed by atoms with E-state index in [0.717, 1.165) is 11.8 Å². The average molecular weight is 337 g/mol. The first kappa shape index (κ1) is 19.1. The van der Waals surface area contributed by atoms with Crippen LogP contribution >= 0.6 is 11.8 Å². The molecule has 23 heavy (non-hydrogen) atoms. The highest BCUT2D eigenvalue weighted by atomic mass is 32.2. The van der Waals surface area contributed by atoms with Crippen molar-refractivity contribution in [2.24, 2.45) is 5.92 Å². The van der Waals surface area contributed by atoms with Crippen LogP contribution in [0.2, 0.25) is 0 Å². The van der Waals surface area contributed by atoms with Crippen LogP contribution < -0.4 is 14.8 Å². The molecule has 0 aromatic heterocycles. The number of hydrogen-bond donors (Lipinski definition) is 1. The second kappa shape index (κ2) is 10.7. The third-order valence-electron chi connectivity index (χ3n) is 2.71. The predicted octanol–water partition coefficient (Wildman–Crippen LogP) is 2.66. The van der Waals surface area contributed by atoms with Gasteiger partial charge in [-0.05, 0) is 42.5 Å². The van der Waals surface area contributed by atoms with Gasteiger partial charge in [-0.3, -0.25) is 9.59 Å². The van der Waals surface area contributed by atoms with Crippen molar-refractivity contribution >= 4 is 22.8 Å². The Labute approximate surface area is 141 Å². The van der Waals surface area contributed by atoms with Gasteiger partial charge in [-0.15, -0.1) is 0 Å². The number of nitrogens with one attached hydrogen (secondary N) is 1. The van der Waals surface area contributed by atoms with Crippen molar-refractivity contribution in [1.29, 1.82) is 0 Å². The van der Waals surface area contributed by atoms with Gasteiger partial charge in [0.2, 0.25) is 11.0 Å². The Morgan fingerprint density at radius 1 is 1.17 bits per heavy atom. The first-order valence-corrected chi connectivity index (χ1v) is 8.62.